The third kappa shape index (κ3) is 3.05. The lowest BCUT2D eigenvalue weighted by Gasteiger charge is -2.15. The molecule has 112 valence electrons. The Kier molecular flexibility index (Phi) is 4.59. The largest absolute Gasteiger partial charge is 0.394 e. The van der Waals surface area contributed by atoms with Crippen LogP contribution in [-0.2, 0) is 4.74 Å². The highest BCUT2D eigenvalue weighted by molar-refractivity contribution is 5.45. The van der Waals surface area contributed by atoms with Gasteiger partial charge in [-0.2, -0.15) is 0 Å². The molecule has 3 atom stereocenters. The molecule has 3 unspecified atom stereocenters. The van der Waals surface area contributed by atoms with E-state index in [4.69, 9.17) is 10.3 Å². The minimum atomic E-state index is -0.703. The maximum atomic E-state index is 11.9. The van der Waals surface area contributed by atoms with Gasteiger partial charge in [-0.3, -0.25) is 14.3 Å². The summed E-state index contributed by atoms with van der Waals surface area (Å²) in [5.74, 6) is 0. The lowest BCUT2D eigenvalue weighted by Crippen LogP contribution is -2.33. The normalized spacial score (nSPS) is 25.1. The number of aromatic nitrogens is 2. The molecule has 0 radical (unpaired) electrons. The second-order valence-electron chi connectivity index (χ2n) is 4.57. The van der Waals surface area contributed by atoms with Crippen LogP contribution in [0.4, 0.5) is 0 Å². The number of nitrogens with zero attached hydrogens (tertiary/aromatic N) is 4. The van der Waals surface area contributed by atoms with Crippen molar-refractivity contribution in [3.63, 3.8) is 0 Å². The molecule has 1 aromatic rings. The molecular formula is C12H15N5O4. The first-order valence-electron chi connectivity index (χ1n) is 6.39. The van der Waals surface area contributed by atoms with Crippen LogP contribution in [0.3, 0.4) is 0 Å². The minimum absolute atomic E-state index is 0.247. The third-order valence-corrected chi connectivity index (χ3v) is 3.24. The number of aliphatic hydroxyl groups excluding tert-OH is 1. The summed E-state index contributed by atoms with van der Waals surface area (Å²) >= 11 is 0. The molecule has 1 saturated heterocycles. The molecule has 2 rings (SSSR count). The topological polar surface area (TPSA) is 133 Å². The van der Waals surface area contributed by atoms with Gasteiger partial charge in [0.25, 0.3) is 5.56 Å². The number of H-pyrrole nitrogens is 1. The summed E-state index contributed by atoms with van der Waals surface area (Å²) in [6.07, 6.45) is 3.50. The average molecular weight is 293 g/mol. The zero-order chi connectivity index (χ0) is 15.4. The Morgan fingerprint density at radius 2 is 2.43 bits per heavy atom. The lowest BCUT2D eigenvalue weighted by atomic mass is 10.1. The number of aromatic amines is 1. The molecule has 0 bridgehead atoms. The van der Waals surface area contributed by atoms with Crippen molar-refractivity contribution in [1.29, 1.82) is 0 Å². The van der Waals surface area contributed by atoms with E-state index in [9.17, 15) is 14.7 Å². The number of rotatable bonds is 4. The van der Waals surface area contributed by atoms with Gasteiger partial charge >= 0.3 is 5.69 Å². The van der Waals surface area contributed by atoms with Gasteiger partial charge in [0.1, 0.15) is 6.23 Å². The fourth-order valence-electron chi connectivity index (χ4n) is 2.25. The standard InChI is InChI=1S/C12H15N5O4/c1-2-3-7-5-17(12(20)14-11(7)19)10-4-8(15-16-13)9(6-18)21-10/h2-3,5,8-10,18H,4,6H2,1H3,(H,14,19,20)/b3-2+. The van der Waals surface area contributed by atoms with Crippen LogP contribution in [-0.4, -0.2) is 33.4 Å². The van der Waals surface area contributed by atoms with Gasteiger partial charge < -0.3 is 9.84 Å². The smallest absolute Gasteiger partial charge is 0.330 e. The van der Waals surface area contributed by atoms with Crippen molar-refractivity contribution in [1.82, 2.24) is 9.55 Å². The van der Waals surface area contributed by atoms with Gasteiger partial charge in [-0.25, -0.2) is 4.79 Å². The summed E-state index contributed by atoms with van der Waals surface area (Å²) < 4.78 is 6.75. The van der Waals surface area contributed by atoms with E-state index in [0.717, 1.165) is 0 Å². The van der Waals surface area contributed by atoms with E-state index in [-0.39, 0.29) is 13.0 Å². The van der Waals surface area contributed by atoms with Crippen LogP contribution in [0.2, 0.25) is 0 Å². The van der Waals surface area contributed by atoms with E-state index in [1.54, 1.807) is 19.1 Å². The average Bonchev–Trinajstić information content (AvgIpc) is 2.85. The van der Waals surface area contributed by atoms with Gasteiger partial charge in [0, 0.05) is 17.5 Å². The summed E-state index contributed by atoms with van der Waals surface area (Å²) in [6, 6.07) is -0.561. The first kappa shape index (κ1) is 15.0. The second kappa shape index (κ2) is 6.40. The van der Waals surface area contributed by atoms with Crippen molar-refractivity contribution >= 4 is 6.08 Å². The molecule has 1 aliphatic heterocycles. The highest BCUT2D eigenvalue weighted by Gasteiger charge is 2.35. The van der Waals surface area contributed by atoms with Crippen molar-refractivity contribution in [2.45, 2.75) is 31.7 Å². The Balaban J connectivity index is 2.39. The first-order chi connectivity index (χ1) is 10.1. The highest BCUT2D eigenvalue weighted by Crippen LogP contribution is 2.29. The summed E-state index contributed by atoms with van der Waals surface area (Å²) in [5.41, 5.74) is 7.71. The van der Waals surface area contributed by atoms with Gasteiger partial charge in [0.05, 0.1) is 24.3 Å². The quantitative estimate of drug-likeness (QED) is 0.475. The zero-order valence-electron chi connectivity index (χ0n) is 11.3. The van der Waals surface area contributed by atoms with E-state index in [1.807, 2.05) is 0 Å². The molecule has 1 fully saturated rings. The van der Waals surface area contributed by atoms with E-state index in [1.165, 1.54) is 10.8 Å². The van der Waals surface area contributed by atoms with Crippen LogP contribution >= 0.6 is 0 Å². The summed E-state index contributed by atoms with van der Waals surface area (Å²) in [6.45, 7) is 1.43. The van der Waals surface area contributed by atoms with Crippen molar-refractivity contribution in [3.8, 4) is 0 Å². The lowest BCUT2D eigenvalue weighted by molar-refractivity contribution is -0.0271. The Morgan fingerprint density at radius 3 is 3.05 bits per heavy atom. The van der Waals surface area contributed by atoms with Gasteiger partial charge in [-0.05, 0) is 12.5 Å². The van der Waals surface area contributed by atoms with Gasteiger partial charge in [0.15, 0.2) is 0 Å². The molecule has 0 amide bonds. The first-order valence-corrected chi connectivity index (χ1v) is 6.39. The van der Waals surface area contributed by atoms with Crippen molar-refractivity contribution in [2.75, 3.05) is 6.61 Å². The maximum absolute atomic E-state index is 11.9. The molecule has 2 heterocycles. The molecule has 1 aromatic heterocycles. The van der Waals surface area contributed by atoms with Crippen molar-refractivity contribution in [3.05, 3.63) is 49.1 Å². The predicted octanol–water partition coefficient (Wildman–Crippen LogP) is 0.528. The number of ether oxygens (including phenoxy) is 1. The number of nitrogens with one attached hydrogen (secondary N) is 1. The molecule has 1 aliphatic rings. The van der Waals surface area contributed by atoms with E-state index in [0.29, 0.717) is 5.56 Å². The molecule has 2 N–H and O–H groups in total. The molecule has 21 heavy (non-hydrogen) atoms. The third-order valence-electron chi connectivity index (χ3n) is 3.24. The summed E-state index contributed by atoms with van der Waals surface area (Å²) in [7, 11) is 0. The molecule has 0 aliphatic carbocycles. The minimum Gasteiger partial charge on any atom is -0.394 e. The molecule has 0 spiro atoms. The van der Waals surface area contributed by atoms with Crippen LogP contribution in [0.5, 0.6) is 0 Å². The van der Waals surface area contributed by atoms with Crippen LogP contribution in [0, 0.1) is 0 Å². The highest BCUT2D eigenvalue weighted by atomic mass is 16.5. The molecule has 0 aromatic carbocycles. The van der Waals surface area contributed by atoms with Gasteiger partial charge in [0.2, 0.25) is 0 Å². The summed E-state index contributed by atoms with van der Waals surface area (Å²) in [5, 5.41) is 12.8. The molecule has 0 saturated carbocycles. The number of aliphatic hydroxyl groups is 1. The van der Waals surface area contributed by atoms with Crippen LogP contribution in [0.15, 0.2) is 27.0 Å². The molecule has 9 heteroatoms. The van der Waals surface area contributed by atoms with Crippen LogP contribution in [0.25, 0.3) is 16.5 Å². The number of hydrogen-bond acceptors (Lipinski definition) is 5. The number of allylic oxidation sites excluding steroid dienone is 1. The number of azide groups is 1. The predicted molar refractivity (Wildman–Crippen MR) is 74.6 cm³/mol. The van der Waals surface area contributed by atoms with Crippen LogP contribution < -0.4 is 11.2 Å². The van der Waals surface area contributed by atoms with E-state index >= 15 is 0 Å². The Hall–Kier alpha value is -2.35. The number of hydrogen-bond donors (Lipinski definition) is 2. The SMILES string of the molecule is C/C=C/c1cn(C2CC(N=[N+]=[N-])C(CO)O2)c(=O)[nH]c1=O. The van der Waals surface area contributed by atoms with Crippen LogP contribution in [0.1, 0.15) is 25.1 Å². The van der Waals surface area contributed by atoms with Gasteiger partial charge in [-0.15, -0.1) is 0 Å². The monoisotopic (exact) mass is 293 g/mol. The Labute approximate surface area is 119 Å². The van der Waals surface area contributed by atoms with E-state index in [2.05, 4.69) is 15.0 Å². The zero-order valence-corrected chi connectivity index (χ0v) is 11.3. The van der Waals surface area contributed by atoms with Crippen molar-refractivity contribution < 1.29 is 9.84 Å². The Bertz CT molecular complexity index is 700. The van der Waals surface area contributed by atoms with Gasteiger partial charge in [-0.1, -0.05) is 17.3 Å². The maximum Gasteiger partial charge on any atom is 0.330 e. The molecule has 9 nitrogen and oxygen atoms in total. The molecular weight excluding hydrogens is 278 g/mol. The summed E-state index contributed by atoms with van der Waals surface area (Å²) in [4.78, 5) is 28.4. The fraction of sp³-hybridized carbons (Fsp3) is 0.500. The fourth-order valence-corrected chi connectivity index (χ4v) is 2.25. The second-order valence-corrected chi connectivity index (χ2v) is 4.57. The van der Waals surface area contributed by atoms with Crippen molar-refractivity contribution in [2.24, 2.45) is 5.11 Å². The Morgan fingerprint density at radius 1 is 1.67 bits per heavy atom. The van der Waals surface area contributed by atoms with E-state index < -0.39 is 29.6 Å².